The van der Waals surface area contributed by atoms with Gasteiger partial charge in [0.05, 0.1) is 7.63 Å². The van der Waals surface area contributed by atoms with Gasteiger partial charge in [0.15, 0.2) is 0 Å². The Morgan fingerprint density at radius 1 is 0.395 bits per heavy atom. The SMILES string of the molecule is [2H]c1c(-c2coc3c2ccc2c4ccccc4ccc23)c(-c2ccccc2)c(-c2ccccc2)c2cc3ccccc3cc12. The second kappa shape index (κ2) is 9.44. The molecule has 0 aliphatic carbocycles. The molecule has 43 heavy (non-hydrogen) atoms. The van der Waals surface area contributed by atoms with E-state index < -0.39 is 0 Å². The Hall–Kier alpha value is -5.66. The van der Waals surface area contributed by atoms with Gasteiger partial charge in [0.2, 0.25) is 0 Å². The molecule has 1 aromatic heterocycles. The van der Waals surface area contributed by atoms with E-state index in [1.54, 1.807) is 0 Å². The van der Waals surface area contributed by atoms with E-state index in [0.717, 1.165) is 71.3 Å². The molecule has 0 N–H and O–H groups in total. The van der Waals surface area contributed by atoms with E-state index in [1.807, 2.05) is 12.3 Å². The van der Waals surface area contributed by atoms with Crippen LogP contribution in [0, 0.1) is 0 Å². The fourth-order valence-electron chi connectivity index (χ4n) is 6.78. The number of rotatable bonds is 3. The molecule has 1 nitrogen and oxygen atoms in total. The Kier molecular flexibility index (Phi) is 5.04. The zero-order valence-corrected chi connectivity index (χ0v) is 23.3. The summed E-state index contributed by atoms with van der Waals surface area (Å²) in [7, 11) is 0. The van der Waals surface area contributed by atoms with Gasteiger partial charge < -0.3 is 4.42 Å². The van der Waals surface area contributed by atoms with Crippen molar-refractivity contribution in [3.05, 3.63) is 158 Å². The van der Waals surface area contributed by atoms with Crippen LogP contribution in [0.1, 0.15) is 1.37 Å². The molecule has 0 spiro atoms. The van der Waals surface area contributed by atoms with Crippen LogP contribution in [-0.2, 0) is 0 Å². The molecule has 0 saturated carbocycles. The highest BCUT2D eigenvalue weighted by molar-refractivity contribution is 6.20. The molecule has 0 bridgehead atoms. The van der Waals surface area contributed by atoms with Crippen molar-refractivity contribution in [1.82, 2.24) is 0 Å². The summed E-state index contributed by atoms with van der Waals surface area (Å²) in [6, 6.07) is 51.7. The minimum atomic E-state index is 0.505. The van der Waals surface area contributed by atoms with E-state index in [2.05, 4.69) is 140 Å². The lowest BCUT2D eigenvalue weighted by Gasteiger charge is -2.19. The number of fused-ring (bicyclic) bond motifs is 7. The number of hydrogen-bond acceptors (Lipinski definition) is 1. The number of benzene rings is 8. The minimum absolute atomic E-state index is 0.505. The molecule has 0 atom stereocenters. The minimum Gasteiger partial charge on any atom is -0.463 e. The molecule has 200 valence electrons. The molecule has 8 aromatic carbocycles. The van der Waals surface area contributed by atoms with Crippen molar-refractivity contribution in [1.29, 1.82) is 0 Å². The molecule has 0 aliphatic rings. The Bertz CT molecular complexity index is 2540. The second-order valence-corrected chi connectivity index (χ2v) is 11.2. The lowest BCUT2D eigenvalue weighted by Crippen LogP contribution is -1.93. The van der Waals surface area contributed by atoms with Crippen molar-refractivity contribution in [3.63, 3.8) is 0 Å². The summed E-state index contributed by atoms with van der Waals surface area (Å²) in [6.45, 7) is 0. The van der Waals surface area contributed by atoms with Gasteiger partial charge in [-0.25, -0.2) is 0 Å². The molecule has 1 heteroatoms. The van der Waals surface area contributed by atoms with Crippen LogP contribution in [0.25, 0.3) is 87.4 Å². The summed E-state index contributed by atoms with van der Waals surface area (Å²) < 4.78 is 16.3. The summed E-state index contributed by atoms with van der Waals surface area (Å²) in [5.74, 6) is 0. The predicted molar refractivity (Wildman–Crippen MR) is 183 cm³/mol. The fraction of sp³-hybridized carbons (Fsp3) is 0. The maximum absolute atomic E-state index is 9.84. The Morgan fingerprint density at radius 2 is 1.00 bits per heavy atom. The Balaban J connectivity index is 1.46. The Morgan fingerprint density at radius 3 is 1.77 bits per heavy atom. The van der Waals surface area contributed by atoms with Crippen LogP contribution < -0.4 is 0 Å². The highest BCUT2D eigenvalue weighted by atomic mass is 16.3. The van der Waals surface area contributed by atoms with Crippen molar-refractivity contribution in [2.75, 3.05) is 0 Å². The van der Waals surface area contributed by atoms with Crippen LogP contribution in [-0.4, -0.2) is 0 Å². The van der Waals surface area contributed by atoms with Crippen molar-refractivity contribution in [2.45, 2.75) is 0 Å². The molecule has 0 amide bonds. The second-order valence-electron chi connectivity index (χ2n) is 11.2. The standard InChI is InChI=1S/C42H26O/c1-3-12-28(13-4-1)40-37-24-31-17-8-7-16-30(31)23-32(37)25-38(41(40)29-14-5-2-6-15-29)39-26-43-42-35-20-19-27-11-9-10-18-33(27)34(35)21-22-36(39)42/h1-26H/i25D. The smallest absolute Gasteiger partial charge is 0.142 e. The van der Waals surface area contributed by atoms with Crippen molar-refractivity contribution < 1.29 is 5.79 Å². The molecule has 0 aliphatic heterocycles. The highest BCUT2D eigenvalue weighted by Gasteiger charge is 2.22. The van der Waals surface area contributed by atoms with Crippen molar-refractivity contribution >= 4 is 54.1 Å². The fourth-order valence-corrected chi connectivity index (χ4v) is 6.78. The van der Waals surface area contributed by atoms with Gasteiger partial charge in [-0.1, -0.05) is 121 Å². The van der Waals surface area contributed by atoms with E-state index in [0.29, 0.717) is 6.04 Å². The molecular formula is C42H26O. The van der Waals surface area contributed by atoms with E-state index in [-0.39, 0.29) is 0 Å². The van der Waals surface area contributed by atoms with Crippen LogP contribution in [0.15, 0.2) is 162 Å². The van der Waals surface area contributed by atoms with Crippen molar-refractivity contribution in [3.8, 4) is 33.4 Å². The van der Waals surface area contributed by atoms with Crippen LogP contribution in [0.3, 0.4) is 0 Å². The summed E-state index contributed by atoms with van der Waals surface area (Å²) in [4.78, 5) is 0. The first-order chi connectivity index (χ1) is 21.8. The van der Waals surface area contributed by atoms with Gasteiger partial charge in [-0.05, 0) is 95.8 Å². The first-order valence-corrected chi connectivity index (χ1v) is 14.7. The molecule has 0 fully saturated rings. The molecular weight excluding hydrogens is 520 g/mol. The average Bonchev–Trinajstić information content (AvgIpc) is 3.52. The molecule has 9 aromatic rings. The highest BCUT2D eigenvalue weighted by Crippen LogP contribution is 2.48. The van der Waals surface area contributed by atoms with E-state index >= 15 is 0 Å². The van der Waals surface area contributed by atoms with Crippen LogP contribution >= 0.6 is 0 Å². The van der Waals surface area contributed by atoms with Crippen molar-refractivity contribution in [2.24, 2.45) is 0 Å². The van der Waals surface area contributed by atoms with Gasteiger partial charge in [-0.2, -0.15) is 0 Å². The van der Waals surface area contributed by atoms with Gasteiger partial charge in [0, 0.05) is 16.3 Å². The largest absolute Gasteiger partial charge is 0.463 e. The van der Waals surface area contributed by atoms with E-state index in [4.69, 9.17) is 4.42 Å². The van der Waals surface area contributed by atoms with Crippen LogP contribution in [0.4, 0.5) is 0 Å². The molecule has 1 heterocycles. The first kappa shape index (κ1) is 23.0. The summed E-state index contributed by atoms with van der Waals surface area (Å²) in [6.07, 6.45) is 1.86. The third-order valence-corrected chi connectivity index (χ3v) is 8.77. The topological polar surface area (TPSA) is 13.1 Å². The maximum atomic E-state index is 9.84. The maximum Gasteiger partial charge on any atom is 0.142 e. The third-order valence-electron chi connectivity index (χ3n) is 8.77. The van der Waals surface area contributed by atoms with Gasteiger partial charge in [-0.15, -0.1) is 0 Å². The van der Waals surface area contributed by atoms with Crippen LogP contribution in [0.2, 0.25) is 0 Å². The monoisotopic (exact) mass is 547 g/mol. The zero-order valence-electron chi connectivity index (χ0n) is 24.3. The lowest BCUT2D eigenvalue weighted by molar-refractivity contribution is 0.620. The molecule has 9 rings (SSSR count). The van der Waals surface area contributed by atoms with Gasteiger partial charge in [-0.3, -0.25) is 0 Å². The quantitative estimate of drug-likeness (QED) is 0.158. The Labute approximate surface area is 250 Å². The molecule has 0 radical (unpaired) electrons. The average molecular weight is 548 g/mol. The number of hydrogen-bond donors (Lipinski definition) is 0. The van der Waals surface area contributed by atoms with Gasteiger partial charge in [0.1, 0.15) is 5.58 Å². The summed E-state index contributed by atoms with van der Waals surface area (Å²) >= 11 is 0. The third kappa shape index (κ3) is 3.72. The van der Waals surface area contributed by atoms with Gasteiger partial charge >= 0.3 is 0 Å². The summed E-state index contributed by atoms with van der Waals surface area (Å²) in [5.41, 5.74) is 7.05. The molecule has 0 saturated heterocycles. The van der Waals surface area contributed by atoms with Gasteiger partial charge in [0.25, 0.3) is 0 Å². The lowest BCUT2D eigenvalue weighted by atomic mass is 9.83. The normalized spacial score (nSPS) is 12.0. The van der Waals surface area contributed by atoms with E-state index in [1.165, 1.54) is 16.2 Å². The van der Waals surface area contributed by atoms with E-state index in [9.17, 15) is 1.37 Å². The number of furan rings is 1. The zero-order chi connectivity index (χ0) is 29.2. The predicted octanol–water partition coefficient (Wildman–Crippen LogP) is 12.0. The van der Waals surface area contributed by atoms with Crippen LogP contribution in [0.5, 0.6) is 0 Å². The summed E-state index contributed by atoms with van der Waals surface area (Å²) in [5, 5.41) is 9.97. The molecule has 0 unspecified atom stereocenters. The first-order valence-electron chi connectivity index (χ1n) is 15.2.